The molecule has 0 bridgehead atoms. The van der Waals surface area contributed by atoms with E-state index in [9.17, 15) is 43.2 Å². The molecule has 0 fully saturated rings. The summed E-state index contributed by atoms with van der Waals surface area (Å²) in [5.41, 5.74) is 0. The van der Waals surface area contributed by atoms with E-state index in [-0.39, 0.29) is 25.7 Å². The highest BCUT2D eigenvalue weighted by Gasteiger charge is 2.31. The minimum absolute atomic E-state index is 0.107. The van der Waals surface area contributed by atoms with Crippen LogP contribution in [0.5, 0.6) is 0 Å². The highest BCUT2D eigenvalue weighted by molar-refractivity contribution is 7.47. The number of carbonyl (C=O) groups is 4. The van der Waals surface area contributed by atoms with E-state index in [2.05, 4.69) is 55.4 Å². The molecule has 19 heteroatoms. The lowest BCUT2D eigenvalue weighted by molar-refractivity contribution is -0.161. The topological polar surface area (TPSA) is 237 Å². The molecule has 0 aromatic heterocycles. The number of unbranched alkanes of at least 4 members (excludes halogenated alkanes) is 48. The molecule has 6 unspecified atom stereocenters. The van der Waals surface area contributed by atoms with Gasteiger partial charge < -0.3 is 33.8 Å². The van der Waals surface area contributed by atoms with Crippen molar-refractivity contribution in [2.24, 2.45) is 23.7 Å². The van der Waals surface area contributed by atoms with Gasteiger partial charge in [-0.3, -0.25) is 37.3 Å². The third kappa shape index (κ3) is 76.7. The summed E-state index contributed by atoms with van der Waals surface area (Å²) in [6, 6.07) is 0. The van der Waals surface area contributed by atoms with E-state index in [4.69, 9.17) is 37.0 Å². The average molecular weight is 1580 g/mol. The number of phosphoric acid groups is 2. The van der Waals surface area contributed by atoms with Crippen LogP contribution in [0, 0.1) is 23.7 Å². The van der Waals surface area contributed by atoms with Crippen LogP contribution in [0.2, 0.25) is 0 Å². The molecule has 0 aliphatic heterocycles. The first kappa shape index (κ1) is 106. The van der Waals surface area contributed by atoms with E-state index in [1.54, 1.807) is 0 Å². The van der Waals surface area contributed by atoms with Gasteiger partial charge in [0.25, 0.3) is 0 Å². The van der Waals surface area contributed by atoms with Crippen LogP contribution in [0.25, 0.3) is 0 Å². The molecule has 0 rings (SSSR count). The van der Waals surface area contributed by atoms with Crippen LogP contribution in [0.3, 0.4) is 0 Å². The molecule has 3 N–H and O–H groups in total. The number of phosphoric ester groups is 2. The van der Waals surface area contributed by atoms with Gasteiger partial charge in [-0.15, -0.1) is 0 Å². The number of rotatable bonds is 86. The van der Waals surface area contributed by atoms with Crippen molar-refractivity contribution in [2.75, 3.05) is 39.6 Å². The minimum Gasteiger partial charge on any atom is -0.462 e. The second-order valence-electron chi connectivity index (χ2n) is 33.0. The molecule has 9 atom stereocenters. The Morgan fingerprint density at radius 1 is 0.250 bits per heavy atom. The molecular weight excluding hydrogens is 1400 g/mol. The molecule has 0 saturated heterocycles. The summed E-state index contributed by atoms with van der Waals surface area (Å²) in [6.07, 6.45) is 68.1. The maximum absolute atomic E-state index is 13.1. The zero-order chi connectivity index (χ0) is 79.5. The molecule has 108 heavy (non-hydrogen) atoms. The van der Waals surface area contributed by atoms with E-state index in [0.29, 0.717) is 25.7 Å². The lowest BCUT2D eigenvalue weighted by atomic mass is 9.99. The van der Waals surface area contributed by atoms with Gasteiger partial charge in [-0.2, -0.15) is 0 Å². The molecule has 0 saturated carbocycles. The van der Waals surface area contributed by atoms with Gasteiger partial charge >= 0.3 is 39.5 Å². The number of hydrogen-bond donors (Lipinski definition) is 3. The number of aliphatic hydroxyl groups is 1. The third-order valence-corrected chi connectivity index (χ3v) is 24.2. The summed E-state index contributed by atoms with van der Waals surface area (Å²) in [5.74, 6) is 1.17. The van der Waals surface area contributed by atoms with Gasteiger partial charge in [0.2, 0.25) is 0 Å². The zero-order valence-electron chi connectivity index (χ0n) is 71.5. The largest absolute Gasteiger partial charge is 0.472 e. The first-order chi connectivity index (χ1) is 52.2. The second-order valence-corrected chi connectivity index (χ2v) is 35.9. The van der Waals surface area contributed by atoms with Gasteiger partial charge in [-0.05, 0) is 49.4 Å². The molecule has 0 amide bonds. The molecular formula is C89H174O17P2. The Morgan fingerprint density at radius 3 is 0.611 bits per heavy atom. The van der Waals surface area contributed by atoms with Gasteiger partial charge in [-0.25, -0.2) is 9.13 Å². The van der Waals surface area contributed by atoms with Crippen molar-refractivity contribution in [3.05, 3.63) is 0 Å². The Labute approximate surface area is 664 Å². The molecule has 0 aromatic carbocycles. The highest BCUT2D eigenvalue weighted by Crippen LogP contribution is 2.45. The number of hydrogen-bond acceptors (Lipinski definition) is 15. The van der Waals surface area contributed by atoms with Crippen molar-refractivity contribution in [3.63, 3.8) is 0 Å². The van der Waals surface area contributed by atoms with Crippen LogP contribution in [-0.4, -0.2) is 96.7 Å². The normalized spacial score (nSPS) is 14.9. The summed E-state index contributed by atoms with van der Waals surface area (Å²) in [5, 5.41) is 10.7. The fourth-order valence-corrected chi connectivity index (χ4v) is 15.3. The number of esters is 4. The van der Waals surface area contributed by atoms with Crippen molar-refractivity contribution in [2.45, 2.75) is 485 Å². The smallest absolute Gasteiger partial charge is 0.462 e. The van der Waals surface area contributed by atoms with E-state index in [1.165, 1.54) is 263 Å². The Balaban J connectivity index is 5.17. The standard InChI is InChI=1S/C89H174O17P2/c1-9-79(5)65-57-49-41-35-29-25-21-17-13-15-19-23-27-31-38-44-53-61-69-86(91)99-75-84(105-89(94)72-64-56-46-40-34-33-37-43-51-59-67-81(7)11-3)77-103-107(95,96)101-73-83(90)74-102-108(97,98)104-78-85(76-100-87(92)70-62-54-48-47-52-60-68-82(8)12-4)106-88(93)71-63-55-45-39-32-28-24-20-16-14-18-22-26-30-36-42-50-58-66-80(6)10-2/h79-85,90H,9-78H2,1-8H3,(H,95,96)(H,97,98)/t79?,80?,81?,82?,83-,84-,85-/m1/s1. The molecule has 17 nitrogen and oxygen atoms in total. The molecule has 642 valence electrons. The Kier molecular flexibility index (Phi) is 76.2. The van der Waals surface area contributed by atoms with Gasteiger partial charge in [0, 0.05) is 25.7 Å². The van der Waals surface area contributed by atoms with E-state index < -0.39 is 97.5 Å². The van der Waals surface area contributed by atoms with Crippen LogP contribution in [0.1, 0.15) is 466 Å². The third-order valence-electron chi connectivity index (χ3n) is 22.3. The highest BCUT2D eigenvalue weighted by atomic mass is 31.2. The predicted molar refractivity (Wildman–Crippen MR) is 446 cm³/mol. The fraction of sp³-hybridized carbons (Fsp3) is 0.955. The Hall–Kier alpha value is -1.94. The minimum atomic E-state index is -4.97. The van der Waals surface area contributed by atoms with Crippen molar-refractivity contribution in [1.29, 1.82) is 0 Å². The number of ether oxygens (including phenoxy) is 4. The zero-order valence-corrected chi connectivity index (χ0v) is 73.3. The summed E-state index contributed by atoms with van der Waals surface area (Å²) in [4.78, 5) is 73.3. The SMILES string of the molecule is CCC(C)CCCCCCCCCCCCCCCCCCCCC(=O)OC[C@H](COP(=O)(O)OC[C@@H](O)COP(=O)(O)OC[C@@H](COC(=O)CCCCCCCCC(C)CC)OC(=O)CCCCCCCCCCCCCCCCCCCCC(C)CC)OC(=O)CCCCCCCCCCCCC(C)CC. The van der Waals surface area contributed by atoms with Crippen LogP contribution < -0.4 is 0 Å². The van der Waals surface area contributed by atoms with Gasteiger partial charge in [0.1, 0.15) is 19.3 Å². The number of carbonyl (C=O) groups excluding carboxylic acids is 4. The molecule has 0 aromatic rings. The van der Waals surface area contributed by atoms with Crippen LogP contribution in [0.15, 0.2) is 0 Å². The summed E-state index contributed by atoms with van der Waals surface area (Å²) in [7, 11) is -9.93. The van der Waals surface area contributed by atoms with Crippen molar-refractivity contribution in [3.8, 4) is 0 Å². The Morgan fingerprint density at radius 2 is 0.417 bits per heavy atom. The lowest BCUT2D eigenvalue weighted by Gasteiger charge is -2.21. The second kappa shape index (κ2) is 77.6. The molecule has 0 spiro atoms. The van der Waals surface area contributed by atoms with E-state index in [1.807, 2.05) is 0 Å². The average Bonchev–Trinajstić information content (AvgIpc) is 0.900. The number of aliphatic hydroxyl groups excluding tert-OH is 1. The maximum atomic E-state index is 13.1. The molecule has 0 aliphatic carbocycles. The van der Waals surface area contributed by atoms with Crippen molar-refractivity contribution >= 4 is 39.5 Å². The van der Waals surface area contributed by atoms with E-state index >= 15 is 0 Å². The molecule has 0 radical (unpaired) electrons. The van der Waals surface area contributed by atoms with Crippen LogP contribution in [0.4, 0.5) is 0 Å². The monoisotopic (exact) mass is 1580 g/mol. The van der Waals surface area contributed by atoms with Crippen molar-refractivity contribution in [1.82, 2.24) is 0 Å². The van der Waals surface area contributed by atoms with Gasteiger partial charge in [0.15, 0.2) is 12.2 Å². The van der Waals surface area contributed by atoms with Crippen molar-refractivity contribution < 1.29 is 80.2 Å². The van der Waals surface area contributed by atoms with E-state index in [0.717, 1.165) is 120 Å². The van der Waals surface area contributed by atoms with Crippen LogP contribution in [-0.2, 0) is 65.4 Å². The Bertz CT molecular complexity index is 2100. The van der Waals surface area contributed by atoms with Crippen LogP contribution >= 0.6 is 15.6 Å². The molecule has 0 aliphatic rings. The van der Waals surface area contributed by atoms with Gasteiger partial charge in [0.05, 0.1) is 26.4 Å². The summed E-state index contributed by atoms with van der Waals surface area (Å²) in [6.45, 7) is 14.4. The quantitative estimate of drug-likeness (QED) is 0.0222. The fourth-order valence-electron chi connectivity index (χ4n) is 13.7. The first-order valence-corrected chi connectivity index (χ1v) is 48.8. The lowest BCUT2D eigenvalue weighted by Crippen LogP contribution is -2.30. The first-order valence-electron chi connectivity index (χ1n) is 45.9. The molecule has 0 heterocycles. The predicted octanol–water partition coefficient (Wildman–Crippen LogP) is 27.1. The maximum Gasteiger partial charge on any atom is 0.472 e. The summed E-state index contributed by atoms with van der Waals surface area (Å²) >= 11 is 0. The summed E-state index contributed by atoms with van der Waals surface area (Å²) < 4.78 is 68.9. The van der Waals surface area contributed by atoms with Gasteiger partial charge in [-0.1, -0.05) is 415 Å².